The summed E-state index contributed by atoms with van der Waals surface area (Å²) in [5.74, 6) is 0.716. The molecule has 0 aliphatic heterocycles. The van der Waals surface area contributed by atoms with E-state index >= 15 is 0 Å². The fourth-order valence-corrected chi connectivity index (χ4v) is 2.29. The monoisotopic (exact) mass is 309 g/mol. The van der Waals surface area contributed by atoms with Crippen molar-refractivity contribution in [3.8, 4) is 0 Å². The molecule has 0 radical (unpaired) electrons. The Bertz CT molecular complexity index is 683. The Balaban J connectivity index is 2.36. The van der Waals surface area contributed by atoms with Gasteiger partial charge in [-0.25, -0.2) is 4.98 Å². The van der Waals surface area contributed by atoms with Crippen LogP contribution in [0.25, 0.3) is 0 Å². The Morgan fingerprint density at radius 2 is 2.14 bits per heavy atom. The van der Waals surface area contributed by atoms with E-state index in [0.717, 1.165) is 6.54 Å². The second-order valence-electron chi connectivity index (χ2n) is 4.59. The molecule has 0 aliphatic carbocycles. The van der Waals surface area contributed by atoms with Gasteiger partial charge in [-0.2, -0.15) is 5.10 Å². The summed E-state index contributed by atoms with van der Waals surface area (Å²) >= 11 is 6.14. The molecule has 2 aromatic heterocycles. The molecule has 0 aromatic carbocycles. The van der Waals surface area contributed by atoms with Gasteiger partial charge in [-0.05, 0) is 32.9 Å². The highest BCUT2D eigenvalue weighted by Gasteiger charge is 2.22. The van der Waals surface area contributed by atoms with Gasteiger partial charge in [-0.15, -0.1) is 0 Å². The van der Waals surface area contributed by atoms with E-state index < -0.39 is 4.92 Å². The molecular formula is C13H16ClN5O2. The van der Waals surface area contributed by atoms with Crippen molar-refractivity contribution in [3.63, 3.8) is 0 Å². The molecule has 112 valence electrons. The molecule has 0 atom stereocenters. The minimum Gasteiger partial charge on any atom is -0.370 e. The summed E-state index contributed by atoms with van der Waals surface area (Å²) in [6, 6.07) is 3.54. The minimum absolute atomic E-state index is 0.0361. The Morgan fingerprint density at radius 1 is 1.43 bits per heavy atom. The van der Waals surface area contributed by atoms with E-state index in [-0.39, 0.29) is 5.69 Å². The summed E-state index contributed by atoms with van der Waals surface area (Å²) in [5, 5.41) is 18.8. The normalized spacial score (nSPS) is 10.7. The van der Waals surface area contributed by atoms with Crippen LogP contribution in [0.4, 0.5) is 11.5 Å². The fourth-order valence-electron chi connectivity index (χ4n) is 2.12. The SMILES string of the molecule is CCNc1ccc(Cl)c(Cn2nc(C)c([N+](=O)[O-])c2C)n1. The van der Waals surface area contributed by atoms with Crippen molar-refractivity contribution in [1.82, 2.24) is 14.8 Å². The highest BCUT2D eigenvalue weighted by Crippen LogP contribution is 2.24. The van der Waals surface area contributed by atoms with Gasteiger partial charge >= 0.3 is 5.69 Å². The molecule has 0 spiro atoms. The number of anilines is 1. The zero-order valence-electron chi connectivity index (χ0n) is 12.1. The van der Waals surface area contributed by atoms with Crippen molar-refractivity contribution >= 4 is 23.1 Å². The smallest absolute Gasteiger partial charge is 0.312 e. The van der Waals surface area contributed by atoms with Crippen molar-refractivity contribution in [3.05, 3.63) is 44.4 Å². The quantitative estimate of drug-likeness (QED) is 0.678. The number of nitrogens with zero attached hydrogens (tertiary/aromatic N) is 4. The third-order valence-electron chi connectivity index (χ3n) is 3.10. The number of pyridine rings is 1. The van der Waals surface area contributed by atoms with Gasteiger partial charge in [-0.3, -0.25) is 14.8 Å². The highest BCUT2D eigenvalue weighted by atomic mass is 35.5. The van der Waals surface area contributed by atoms with E-state index in [1.807, 2.05) is 6.92 Å². The highest BCUT2D eigenvalue weighted by molar-refractivity contribution is 6.31. The van der Waals surface area contributed by atoms with Crippen LogP contribution in [0, 0.1) is 24.0 Å². The fraction of sp³-hybridized carbons (Fsp3) is 0.385. The third-order valence-corrected chi connectivity index (χ3v) is 3.45. The molecule has 8 heteroatoms. The Hall–Kier alpha value is -2.15. The zero-order chi connectivity index (χ0) is 15.6. The molecule has 21 heavy (non-hydrogen) atoms. The van der Waals surface area contributed by atoms with E-state index in [2.05, 4.69) is 15.4 Å². The maximum absolute atomic E-state index is 11.0. The molecule has 0 saturated carbocycles. The maximum atomic E-state index is 11.0. The van der Waals surface area contributed by atoms with Crippen LogP contribution >= 0.6 is 11.6 Å². The van der Waals surface area contributed by atoms with Crippen LogP contribution in [0.5, 0.6) is 0 Å². The van der Waals surface area contributed by atoms with Crippen molar-refractivity contribution in [1.29, 1.82) is 0 Å². The molecule has 2 aromatic rings. The van der Waals surface area contributed by atoms with Crippen LogP contribution in [0.2, 0.25) is 5.02 Å². The summed E-state index contributed by atoms with van der Waals surface area (Å²) < 4.78 is 1.55. The van der Waals surface area contributed by atoms with Crippen molar-refractivity contribution in [2.24, 2.45) is 0 Å². The van der Waals surface area contributed by atoms with Gasteiger partial charge in [-0.1, -0.05) is 11.6 Å². The molecule has 0 amide bonds. The standard InChI is InChI=1S/C13H16ClN5O2/c1-4-15-12-6-5-10(14)11(16-12)7-18-9(3)13(19(20)21)8(2)17-18/h5-6H,4,7H2,1-3H3,(H,15,16). The summed E-state index contributed by atoms with van der Waals surface area (Å²) in [6.07, 6.45) is 0. The predicted octanol–water partition coefficient (Wildman–Crippen LogP) is 2.94. The van der Waals surface area contributed by atoms with Gasteiger partial charge in [0.25, 0.3) is 0 Å². The van der Waals surface area contributed by atoms with Crippen LogP contribution in [0.1, 0.15) is 24.0 Å². The van der Waals surface area contributed by atoms with E-state index in [1.165, 1.54) is 0 Å². The first kappa shape index (κ1) is 15.2. The van der Waals surface area contributed by atoms with Gasteiger partial charge < -0.3 is 5.32 Å². The lowest BCUT2D eigenvalue weighted by Crippen LogP contribution is -2.08. The molecule has 0 unspecified atom stereocenters. The van der Waals surface area contributed by atoms with Gasteiger partial charge in [0.05, 0.1) is 22.2 Å². The first-order valence-corrected chi connectivity index (χ1v) is 6.89. The lowest BCUT2D eigenvalue weighted by atomic mass is 10.3. The topological polar surface area (TPSA) is 85.9 Å². The summed E-state index contributed by atoms with van der Waals surface area (Å²) in [7, 11) is 0. The molecular weight excluding hydrogens is 294 g/mol. The first-order valence-electron chi connectivity index (χ1n) is 6.51. The number of aryl methyl sites for hydroxylation is 1. The number of nitrogens with one attached hydrogen (secondary N) is 1. The van der Waals surface area contributed by atoms with Gasteiger partial charge in [0.15, 0.2) is 0 Å². The van der Waals surface area contributed by atoms with E-state index in [9.17, 15) is 10.1 Å². The number of hydrogen-bond acceptors (Lipinski definition) is 5. The Morgan fingerprint density at radius 3 is 2.71 bits per heavy atom. The Labute approximate surface area is 127 Å². The first-order chi connectivity index (χ1) is 9.93. The number of nitro groups is 1. The van der Waals surface area contributed by atoms with Gasteiger partial charge in [0.2, 0.25) is 0 Å². The van der Waals surface area contributed by atoms with Crippen LogP contribution in [0.15, 0.2) is 12.1 Å². The summed E-state index contributed by atoms with van der Waals surface area (Å²) in [6.45, 7) is 6.30. The second-order valence-corrected chi connectivity index (χ2v) is 5.00. The molecule has 0 bridgehead atoms. The Kier molecular flexibility index (Phi) is 4.42. The van der Waals surface area contributed by atoms with E-state index in [1.54, 1.807) is 30.7 Å². The molecule has 0 fully saturated rings. The van der Waals surface area contributed by atoms with Crippen molar-refractivity contribution < 1.29 is 4.92 Å². The molecule has 2 rings (SSSR count). The van der Waals surface area contributed by atoms with E-state index in [0.29, 0.717) is 34.5 Å². The lowest BCUT2D eigenvalue weighted by Gasteiger charge is -2.08. The van der Waals surface area contributed by atoms with Gasteiger partial charge in [0, 0.05) is 6.54 Å². The average Bonchev–Trinajstić information content (AvgIpc) is 2.68. The van der Waals surface area contributed by atoms with Crippen LogP contribution in [-0.4, -0.2) is 26.2 Å². The average molecular weight is 310 g/mol. The minimum atomic E-state index is -0.418. The number of halogens is 1. The molecule has 1 N–H and O–H groups in total. The largest absolute Gasteiger partial charge is 0.370 e. The van der Waals surface area contributed by atoms with Crippen molar-refractivity contribution in [2.75, 3.05) is 11.9 Å². The second kappa shape index (κ2) is 6.09. The lowest BCUT2D eigenvalue weighted by molar-refractivity contribution is -0.386. The summed E-state index contributed by atoms with van der Waals surface area (Å²) in [4.78, 5) is 15.0. The van der Waals surface area contributed by atoms with Crippen LogP contribution < -0.4 is 5.32 Å². The molecule has 2 heterocycles. The number of rotatable bonds is 5. The third kappa shape index (κ3) is 3.13. The molecule has 7 nitrogen and oxygen atoms in total. The van der Waals surface area contributed by atoms with Crippen LogP contribution in [-0.2, 0) is 6.54 Å². The van der Waals surface area contributed by atoms with Gasteiger partial charge in [0.1, 0.15) is 17.2 Å². The van der Waals surface area contributed by atoms with Crippen LogP contribution in [0.3, 0.4) is 0 Å². The molecule has 0 aliphatic rings. The van der Waals surface area contributed by atoms with Crippen molar-refractivity contribution in [2.45, 2.75) is 27.3 Å². The predicted molar refractivity (Wildman–Crippen MR) is 80.9 cm³/mol. The number of aromatic nitrogens is 3. The number of hydrogen-bond donors (Lipinski definition) is 1. The summed E-state index contributed by atoms with van der Waals surface area (Å²) in [5.41, 5.74) is 1.53. The maximum Gasteiger partial charge on any atom is 0.312 e. The van der Waals surface area contributed by atoms with E-state index in [4.69, 9.17) is 11.6 Å². The zero-order valence-corrected chi connectivity index (χ0v) is 12.8. The molecule has 0 saturated heterocycles.